The van der Waals surface area contributed by atoms with Gasteiger partial charge in [0.2, 0.25) is 11.2 Å². The largest absolute Gasteiger partial charge is 0.479 e. The van der Waals surface area contributed by atoms with E-state index in [4.69, 9.17) is 16.3 Å². The third kappa shape index (κ3) is 1.70. The maximum atomic E-state index is 9.92. The first kappa shape index (κ1) is 11.6. The second kappa shape index (κ2) is 4.33. The minimum atomic E-state index is -0.422. The Kier molecular flexibility index (Phi) is 2.79. The van der Waals surface area contributed by atoms with Gasteiger partial charge in [-0.1, -0.05) is 5.21 Å². The van der Waals surface area contributed by atoms with Gasteiger partial charge in [0.1, 0.15) is 0 Å². The number of hydrogen-bond acceptors (Lipinski definition) is 6. The summed E-state index contributed by atoms with van der Waals surface area (Å²) in [5, 5.41) is 18.0. The van der Waals surface area contributed by atoms with Crippen LogP contribution in [0.25, 0.3) is 11.2 Å². The lowest BCUT2D eigenvalue weighted by molar-refractivity contribution is 0.131. The zero-order valence-electron chi connectivity index (χ0n) is 9.75. The van der Waals surface area contributed by atoms with Gasteiger partial charge < -0.3 is 9.84 Å². The molecule has 8 heteroatoms. The van der Waals surface area contributed by atoms with Crippen molar-refractivity contribution in [3.63, 3.8) is 0 Å². The standard InChI is InChI=1S/C10H12ClN5O2/c1-18-9-7-8(12-10(11)13-9)16(15-14-7)5-3-2-4-6(5)17/h5-6,17H,2-4H2,1H3/t5-,6+/m0/s1. The molecule has 1 fully saturated rings. The fourth-order valence-electron chi connectivity index (χ4n) is 2.35. The van der Waals surface area contributed by atoms with E-state index in [1.807, 2.05) is 0 Å². The molecule has 0 unspecified atom stereocenters. The quantitative estimate of drug-likeness (QED) is 0.818. The molecule has 7 nitrogen and oxygen atoms in total. The Morgan fingerprint density at radius 1 is 1.39 bits per heavy atom. The Morgan fingerprint density at radius 2 is 2.22 bits per heavy atom. The van der Waals surface area contributed by atoms with Crippen LogP contribution in [0.5, 0.6) is 5.88 Å². The summed E-state index contributed by atoms with van der Waals surface area (Å²) >= 11 is 5.84. The van der Waals surface area contributed by atoms with Gasteiger partial charge in [0.25, 0.3) is 0 Å². The van der Waals surface area contributed by atoms with Crippen molar-refractivity contribution in [1.82, 2.24) is 25.0 Å². The highest BCUT2D eigenvalue weighted by atomic mass is 35.5. The van der Waals surface area contributed by atoms with E-state index in [1.165, 1.54) is 7.11 Å². The van der Waals surface area contributed by atoms with Gasteiger partial charge >= 0.3 is 0 Å². The molecule has 2 heterocycles. The molecule has 0 bridgehead atoms. The molecular weight excluding hydrogens is 258 g/mol. The number of ether oxygens (including phenoxy) is 1. The van der Waals surface area contributed by atoms with Crippen LogP contribution in [-0.4, -0.2) is 43.3 Å². The maximum absolute atomic E-state index is 9.92. The average molecular weight is 270 g/mol. The van der Waals surface area contributed by atoms with Crippen LogP contribution in [0.4, 0.5) is 0 Å². The number of aromatic nitrogens is 5. The molecule has 0 aliphatic heterocycles. The smallest absolute Gasteiger partial charge is 0.248 e. The summed E-state index contributed by atoms with van der Waals surface area (Å²) in [6.45, 7) is 0. The monoisotopic (exact) mass is 269 g/mol. The molecule has 1 aliphatic rings. The molecule has 0 amide bonds. The number of fused-ring (bicyclic) bond motifs is 1. The molecule has 2 atom stereocenters. The second-order valence-corrected chi connectivity index (χ2v) is 4.61. The van der Waals surface area contributed by atoms with Crippen molar-refractivity contribution in [2.45, 2.75) is 31.4 Å². The Balaban J connectivity index is 2.16. The summed E-state index contributed by atoms with van der Waals surface area (Å²) in [5.41, 5.74) is 0.957. The van der Waals surface area contributed by atoms with Crippen LogP contribution in [0, 0.1) is 0 Å². The number of rotatable bonds is 2. The van der Waals surface area contributed by atoms with Crippen LogP contribution < -0.4 is 4.74 Å². The highest BCUT2D eigenvalue weighted by Crippen LogP contribution is 2.32. The third-order valence-corrected chi connectivity index (χ3v) is 3.38. The van der Waals surface area contributed by atoms with Gasteiger partial charge in [-0.05, 0) is 30.9 Å². The molecule has 0 spiro atoms. The number of methoxy groups -OCH3 is 1. The second-order valence-electron chi connectivity index (χ2n) is 4.27. The maximum Gasteiger partial charge on any atom is 0.248 e. The van der Waals surface area contributed by atoms with Gasteiger partial charge in [-0.15, -0.1) is 5.10 Å². The molecule has 2 aromatic heterocycles. The molecule has 0 aromatic carbocycles. The predicted octanol–water partition coefficient (Wildman–Crippen LogP) is 0.969. The summed E-state index contributed by atoms with van der Waals surface area (Å²) < 4.78 is 6.71. The molecular formula is C10H12ClN5O2. The molecule has 18 heavy (non-hydrogen) atoms. The minimum absolute atomic E-state index is 0.0791. The van der Waals surface area contributed by atoms with Gasteiger partial charge in [-0.2, -0.15) is 9.97 Å². The van der Waals surface area contributed by atoms with E-state index in [0.29, 0.717) is 17.0 Å². The van der Waals surface area contributed by atoms with E-state index in [9.17, 15) is 5.11 Å². The summed E-state index contributed by atoms with van der Waals surface area (Å²) in [4.78, 5) is 8.06. The Hall–Kier alpha value is -1.47. The van der Waals surface area contributed by atoms with Gasteiger partial charge in [-0.25, -0.2) is 4.68 Å². The molecule has 1 saturated carbocycles. The van der Waals surface area contributed by atoms with Crippen molar-refractivity contribution in [3.05, 3.63) is 5.28 Å². The molecule has 1 aliphatic carbocycles. The van der Waals surface area contributed by atoms with Crippen LogP contribution in [0.2, 0.25) is 5.28 Å². The third-order valence-electron chi connectivity index (χ3n) is 3.22. The molecule has 3 rings (SSSR count). The SMILES string of the molecule is COc1nc(Cl)nc2c1nnn2[C@H]1CCC[C@H]1O. The average Bonchev–Trinajstić information content (AvgIpc) is 2.93. The number of nitrogens with zero attached hydrogens (tertiary/aromatic N) is 5. The molecule has 96 valence electrons. The van der Waals surface area contributed by atoms with Crippen molar-refractivity contribution in [2.75, 3.05) is 7.11 Å². The van der Waals surface area contributed by atoms with Crippen LogP contribution in [0.1, 0.15) is 25.3 Å². The molecule has 1 N–H and O–H groups in total. The zero-order valence-corrected chi connectivity index (χ0v) is 10.5. The lowest BCUT2D eigenvalue weighted by atomic mass is 10.2. The van der Waals surface area contributed by atoms with Gasteiger partial charge in [0.05, 0.1) is 19.3 Å². The van der Waals surface area contributed by atoms with Gasteiger partial charge in [0, 0.05) is 0 Å². The zero-order chi connectivity index (χ0) is 12.7. The van der Waals surface area contributed by atoms with E-state index >= 15 is 0 Å². The fraction of sp³-hybridized carbons (Fsp3) is 0.600. The number of hydrogen-bond donors (Lipinski definition) is 1. The summed E-state index contributed by atoms with van der Waals surface area (Å²) in [6, 6.07) is -0.106. The minimum Gasteiger partial charge on any atom is -0.479 e. The first-order chi connectivity index (χ1) is 8.70. The summed E-state index contributed by atoms with van der Waals surface area (Å²) in [5.74, 6) is 0.295. The van der Waals surface area contributed by atoms with Gasteiger partial charge in [0.15, 0.2) is 11.2 Å². The van der Waals surface area contributed by atoms with Crippen molar-refractivity contribution < 1.29 is 9.84 Å². The van der Waals surface area contributed by atoms with Crippen molar-refractivity contribution >= 4 is 22.8 Å². The first-order valence-corrected chi connectivity index (χ1v) is 6.09. The van der Waals surface area contributed by atoms with Crippen molar-refractivity contribution in [2.24, 2.45) is 0 Å². The fourth-order valence-corrected chi connectivity index (χ4v) is 2.51. The first-order valence-electron chi connectivity index (χ1n) is 5.71. The number of aliphatic hydroxyl groups is 1. The van der Waals surface area contributed by atoms with E-state index in [0.717, 1.165) is 19.3 Å². The van der Waals surface area contributed by atoms with Crippen molar-refractivity contribution in [3.8, 4) is 5.88 Å². The topological polar surface area (TPSA) is 86.0 Å². The lowest BCUT2D eigenvalue weighted by Crippen LogP contribution is -2.19. The van der Waals surface area contributed by atoms with E-state index < -0.39 is 6.10 Å². The molecule has 0 saturated heterocycles. The lowest BCUT2D eigenvalue weighted by Gasteiger charge is -2.14. The highest BCUT2D eigenvalue weighted by Gasteiger charge is 2.30. The normalized spacial score (nSPS) is 23.7. The van der Waals surface area contributed by atoms with E-state index in [-0.39, 0.29) is 11.3 Å². The van der Waals surface area contributed by atoms with Gasteiger partial charge in [-0.3, -0.25) is 0 Å². The van der Waals surface area contributed by atoms with Crippen molar-refractivity contribution in [1.29, 1.82) is 0 Å². The van der Waals surface area contributed by atoms with Crippen LogP contribution in [0.15, 0.2) is 0 Å². The van der Waals surface area contributed by atoms with E-state index in [2.05, 4.69) is 20.3 Å². The van der Waals surface area contributed by atoms with E-state index in [1.54, 1.807) is 4.68 Å². The molecule has 2 aromatic rings. The van der Waals surface area contributed by atoms with Crippen LogP contribution in [0.3, 0.4) is 0 Å². The Morgan fingerprint density at radius 3 is 2.89 bits per heavy atom. The molecule has 0 radical (unpaired) electrons. The van der Waals surface area contributed by atoms with Crippen LogP contribution >= 0.6 is 11.6 Å². The number of aliphatic hydroxyl groups excluding tert-OH is 1. The van der Waals surface area contributed by atoms with Crippen LogP contribution in [-0.2, 0) is 0 Å². The Bertz CT molecular complexity index is 587. The highest BCUT2D eigenvalue weighted by molar-refractivity contribution is 6.28. The summed E-state index contributed by atoms with van der Waals surface area (Å²) in [7, 11) is 1.49. The Labute approximate surface area is 108 Å². The predicted molar refractivity (Wildman–Crippen MR) is 63.6 cm³/mol. The summed E-state index contributed by atoms with van der Waals surface area (Å²) in [6.07, 6.45) is 2.16. The number of halogens is 1.